The van der Waals surface area contributed by atoms with E-state index in [0.29, 0.717) is 11.9 Å². The third-order valence-corrected chi connectivity index (χ3v) is 2.63. The first kappa shape index (κ1) is 8.56. The molecule has 13 heavy (non-hydrogen) atoms. The molecular formula is C9H15N3O. The summed E-state index contributed by atoms with van der Waals surface area (Å²) in [6.45, 7) is 4.13. The molecule has 1 aromatic rings. The Morgan fingerprint density at radius 3 is 2.85 bits per heavy atom. The molecule has 2 rings (SSSR count). The lowest BCUT2D eigenvalue weighted by molar-refractivity contribution is 0.410. The van der Waals surface area contributed by atoms with Crippen LogP contribution in [-0.2, 0) is 0 Å². The Kier molecular flexibility index (Phi) is 2.00. The van der Waals surface area contributed by atoms with Gasteiger partial charge in [0.2, 0.25) is 0 Å². The van der Waals surface area contributed by atoms with Gasteiger partial charge in [0, 0.05) is 12.5 Å². The van der Waals surface area contributed by atoms with E-state index in [1.54, 1.807) is 0 Å². The Balaban J connectivity index is 2.20. The number of rotatable bonds is 1. The second-order valence-electron chi connectivity index (χ2n) is 3.74. The quantitative estimate of drug-likeness (QED) is 0.701. The van der Waals surface area contributed by atoms with Crippen molar-refractivity contribution in [3.63, 3.8) is 0 Å². The van der Waals surface area contributed by atoms with Crippen molar-refractivity contribution >= 4 is 6.01 Å². The van der Waals surface area contributed by atoms with Crippen LogP contribution in [0.25, 0.3) is 0 Å². The van der Waals surface area contributed by atoms with Crippen molar-refractivity contribution in [1.82, 2.24) is 9.88 Å². The average Bonchev–Trinajstić information content (AvgIpc) is 2.58. The maximum atomic E-state index is 5.49. The van der Waals surface area contributed by atoms with Crippen LogP contribution in [0.3, 0.4) is 0 Å². The summed E-state index contributed by atoms with van der Waals surface area (Å²) in [5.74, 6) is 1.38. The maximum Gasteiger partial charge on any atom is 0.292 e. The SMILES string of the molecule is Cc1oc(N)nc1C1CCN(C)C1. The fourth-order valence-corrected chi connectivity index (χ4v) is 1.97. The molecule has 0 bridgehead atoms. The number of oxazole rings is 1. The maximum absolute atomic E-state index is 5.49. The Bertz CT molecular complexity index is 308. The van der Waals surface area contributed by atoms with Crippen LogP contribution in [0.2, 0.25) is 0 Å². The molecule has 2 heterocycles. The summed E-state index contributed by atoms with van der Waals surface area (Å²) < 4.78 is 5.21. The average molecular weight is 181 g/mol. The molecule has 4 nitrogen and oxygen atoms in total. The molecule has 1 atom stereocenters. The van der Waals surface area contributed by atoms with Crippen LogP contribution in [0, 0.1) is 6.92 Å². The summed E-state index contributed by atoms with van der Waals surface area (Å²) in [4.78, 5) is 6.51. The molecule has 4 heteroatoms. The second kappa shape index (κ2) is 3.03. The Hall–Kier alpha value is -1.03. The predicted molar refractivity (Wildman–Crippen MR) is 50.5 cm³/mol. The zero-order chi connectivity index (χ0) is 9.42. The number of hydrogen-bond donors (Lipinski definition) is 1. The van der Waals surface area contributed by atoms with Gasteiger partial charge >= 0.3 is 0 Å². The van der Waals surface area contributed by atoms with Crippen molar-refractivity contribution in [3.8, 4) is 0 Å². The third-order valence-electron chi connectivity index (χ3n) is 2.63. The van der Waals surface area contributed by atoms with Gasteiger partial charge in [-0.05, 0) is 26.9 Å². The smallest absolute Gasteiger partial charge is 0.292 e. The summed E-state index contributed by atoms with van der Waals surface area (Å²) >= 11 is 0. The predicted octanol–water partition coefficient (Wildman–Crippen LogP) is 0.984. The molecule has 1 unspecified atom stereocenters. The van der Waals surface area contributed by atoms with E-state index in [1.165, 1.54) is 0 Å². The van der Waals surface area contributed by atoms with Crippen molar-refractivity contribution in [2.75, 3.05) is 25.9 Å². The fraction of sp³-hybridized carbons (Fsp3) is 0.667. The van der Waals surface area contributed by atoms with Crippen molar-refractivity contribution in [2.24, 2.45) is 0 Å². The van der Waals surface area contributed by atoms with Crippen LogP contribution in [0.5, 0.6) is 0 Å². The van der Waals surface area contributed by atoms with Crippen LogP contribution in [0.1, 0.15) is 23.8 Å². The Labute approximate surface area is 77.7 Å². The molecule has 1 aliphatic heterocycles. The van der Waals surface area contributed by atoms with Gasteiger partial charge < -0.3 is 15.1 Å². The van der Waals surface area contributed by atoms with Gasteiger partial charge in [0.25, 0.3) is 6.01 Å². The minimum Gasteiger partial charge on any atom is -0.429 e. The van der Waals surface area contributed by atoms with Gasteiger partial charge in [-0.3, -0.25) is 0 Å². The summed E-state index contributed by atoms with van der Waals surface area (Å²) in [6.07, 6.45) is 1.16. The molecule has 72 valence electrons. The number of hydrogen-bond acceptors (Lipinski definition) is 4. The highest BCUT2D eigenvalue weighted by Crippen LogP contribution is 2.28. The number of anilines is 1. The van der Waals surface area contributed by atoms with E-state index >= 15 is 0 Å². The van der Waals surface area contributed by atoms with Crippen molar-refractivity contribution in [1.29, 1.82) is 0 Å². The number of nitrogens with zero attached hydrogens (tertiary/aromatic N) is 2. The molecular weight excluding hydrogens is 166 g/mol. The van der Waals surface area contributed by atoms with Crippen molar-refractivity contribution < 1.29 is 4.42 Å². The molecule has 0 aromatic carbocycles. The lowest BCUT2D eigenvalue weighted by Gasteiger charge is -2.07. The van der Waals surface area contributed by atoms with Crippen LogP contribution < -0.4 is 5.73 Å². The molecule has 0 aliphatic carbocycles. The van der Waals surface area contributed by atoms with E-state index in [4.69, 9.17) is 10.2 Å². The van der Waals surface area contributed by atoms with Gasteiger partial charge in [0.15, 0.2) is 0 Å². The minimum absolute atomic E-state index is 0.294. The van der Waals surface area contributed by atoms with Gasteiger partial charge in [-0.15, -0.1) is 0 Å². The van der Waals surface area contributed by atoms with Gasteiger partial charge in [-0.2, -0.15) is 4.98 Å². The number of nitrogens with two attached hydrogens (primary N) is 1. The first-order valence-electron chi connectivity index (χ1n) is 4.58. The van der Waals surface area contributed by atoms with Gasteiger partial charge in [0.05, 0.1) is 5.69 Å². The van der Waals surface area contributed by atoms with Gasteiger partial charge in [-0.1, -0.05) is 0 Å². The van der Waals surface area contributed by atoms with E-state index in [0.717, 1.165) is 31.0 Å². The molecule has 0 spiro atoms. The van der Waals surface area contributed by atoms with Crippen LogP contribution in [-0.4, -0.2) is 30.0 Å². The lowest BCUT2D eigenvalue weighted by Crippen LogP contribution is -2.13. The third kappa shape index (κ3) is 1.54. The van der Waals surface area contributed by atoms with Crippen molar-refractivity contribution in [3.05, 3.63) is 11.5 Å². The zero-order valence-electron chi connectivity index (χ0n) is 8.08. The van der Waals surface area contributed by atoms with Crippen molar-refractivity contribution in [2.45, 2.75) is 19.3 Å². The second-order valence-corrected chi connectivity index (χ2v) is 3.74. The molecule has 1 saturated heterocycles. The Morgan fingerprint density at radius 2 is 2.38 bits per heavy atom. The number of likely N-dealkylation sites (N-methyl/N-ethyl adjacent to an activating group) is 1. The number of nitrogen functional groups attached to an aromatic ring is 1. The normalized spacial score (nSPS) is 24.0. The number of aromatic nitrogens is 1. The number of aryl methyl sites for hydroxylation is 1. The minimum atomic E-state index is 0.294. The first-order chi connectivity index (χ1) is 6.16. The molecule has 1 aromatic heterocycles. The highest BCUT2D eigenvalue weighted by molar-refractivity contribution is 5.23. The summed E-state index contributed by atoms with van der Waals surface area (Å²) in [5.41, 5.74) is 6.53. The first-order valence-corrected chi connectivity index (χ1v) is 4.58. The van der Waals surface area contributed by atoms with E-state index < -0.39 is 0 Å². The molecule has 2 N–H and O–H groups in total. The van der Waals surface area contributed by atoms with Crippen LogP contribution in [0.4, 0.5) is 6.01 Å². The molecule has 0 saturated carbocycles. The fourth-order valence-electron chi connectivity index (χ4n) is 1.97. The molecule has 1 aliphatic rings. The highest BCUT2D eigenvalue weighted by atomic mass is 16.4. The largest absolute Gasteiger partial charge is 0.429 e. The molecule has 1 fully saturated rings. The summed E-state index contributed by atoms with van der Waals surface area (Å²) in [7, 11) is 2.12. The van der Waals surface area contributed by atoms with Gasteiger partial charge in [-0.25, -0.2) is 0 Å². The van der Waals surface area contributed by atoms with E-state index in [-0.39, 0.29) is 0 Å². The zero-order valence-corrected chi connectivity index (χ0v) is 8.08. The van der Waals surface area contributed by atoms with E-state index in [9.17, 15) is 0 Å². The van der Waals surface area contributed by atoms with Crippen LogP contribution in [0.15, 0.2) is 4.42 Å². The Morgan fingerprint density at radius 1 is 1.62 bits per heavy atom. The van der Waals surface area contributed by atoms with E-state index in [2.05, 4.69) is 16.9 Å². The summed E-state index contributed by atoms with van der Waals surface area (Å²) in [6, 6.07) is 0.294. The van der Waals surface area contributed by atoms with Crippen LogP contribution >= 0.6 is 0 Å². The highest BCUT2D eigenvalue weighted by Gasteiger charge is 2.25. The van der Waals surface area contributed by atoms with Gasteiger partial charge in [0.1, 0.15) is 5.76 Å². The molecule has 0 radical (unpaired) electrons. The lowest BCUT2D eigenvalue weighted by atomic mass is 10.0. The molecule has 0 amide bonds. The topological polar surface area (TPSA) is 55.3 Å². The summed E-state index contributed by atoms with van der Waals surface area (Å²) in [5, 5.41) is 0. The monoisotopic (exact) mass is 181 g/mol. The van der Waals surface area contributed by atoms with E-state index in [1.807, 2.05) is 6.92 Å². The number of likely N-dealkylation sites (tertiary alicyclic amines) is 1. The standard InChI is InChI=1S/C9H15N3O/c1-6-8(11-9(10)13-6)7-3-4-12(2)5-7/h7H,3-5H2,1-2H3,(H2,10,11).